The molecule has 1 saturated heterocycles. The van der Waals surface area contributed by atoms with Gasteiger partial charge in [-0.3, -0.25) is 14.7 Å². The minimum atomic E-state index is 0.0653. The average molecular weight is 317 g/mol. The maximum Gasteiger partial charge on any atom is 0.265 e. The van der Waals surface area contributed by atoms with Crippen LogP contribution in [0.25, 0.3) is 0 Å². The van der Waals surface area contributed by atoms with Gasteiger partial charge in [0.1, 0.15) is 10.6 Å². The highest BCUT2D eigenvalue weighted by Gasteiger charge is 2.30. The summed E-state index contributed by atoms with van der Waals surface area (Å²) in [5, 5.41) is 0. The number of hydrogen-bond acceptors (Lipinski definition) is 5. The number of aromatic nitrogens is 1. The Labute approximate surface area is 134 Å². The van der Waals surface area contributed by atoms with Crippen LogP contribution in [0.1, 0.15) is 21.3 Å². The van der Waals surface area contributed by atoms with Crippen LogP contribution in [0.3, 0.4) is 0 Å². The standard InChI is InChI=1S/C16H19N3O2S/c1-18-7-8-19(16(20)15-9-17-11-22-15)10-13(18)12-5-3-4-6-14(12)21-2/h3-6,9,11,13H,7-8,10H2,1-2H3/t13-/m1/s1. The third kappa shape index (κ3) is 2.84. The van der Waals surface area contributed by atoms with Crippen molar-refractivity contribution < 1.29 is 9.53 Å². The van der Waals surface area contributed by atoms with E-state index in [4.69, 9.17) is 4.74 Å². The van der Waals surface area contributed by atoms with Crippen molar-refractivity contribution in [2.45, 2.75) is 6.04 Å². The quantitative estimate of drug-likeness (QED) is 0.871. The van der Waals surface area contributed by atoms with Gasteiger partial charge in [-0.1, -0.05) is 18.2 Å². The van der Waals surface area contributed by atoms with Crippen LogP contribution in [-0.4, -0.2) is 54.5 Å². The van der Waals surface area contributed by atoms with Crippen LogP contribution in [0.15, 0.2) is 36.0 Å². The number of carbonyl (C=O) groups is 1. The molecule has 1 aromatic carbocycles. The Morgan fingerprint density at radius 1 is 1.36 bits per heavy atom. The van der Waals surface area contributed by atoms with Crippen molar-refractivity contribution in [1.82, 2.24) is 14.8 Å². The highest BCUT2D eigenvalue weighted by Crippen LogP contribution is 2.31. The summed E-state index contributed by atoms with van der Waals surface area (Å²) in [5.74, 6) is 0.932. The molecule has 1 atom stereocenters. The summed E-state index contributed by atoms with van der Waals surface area (Å²) in [6.07, 6.45) is 1.64. The fourth-order valence-corrected chi connectivity index (χ4v) is 3.40. The van der Waals surface area contributed by atoms with E-state index >= 15 is 0 Å². The lowest BCUT2D eigenvalue weighted by molar-refractivity contribution is 0.0546. The zero-order valence-electron chi connectivity index (χ0n) is 12.7. The van der Waals surface area contributed by atoms with E-state index in [1.807, 2.05) is 23.1 Å². The normalized spacial score (nSPS) is 19.2. The number of amides is 1. The molecular weight excluding hydrogens is 298 g/mol. The summed E-state index contributed by atoms with van der Waals surface area (Å²) in [6.45, 7) is 2.24. The topological polar surface area (TPSA) is 45.7 Å². The number of thiazole rings is 1. The van der Waals surface area contributed by atoms with Gasteiger partial charge in [-0.15, -0.1) is 11.3 Å². The lowest BCUT2D eigenvalue weighted by Crippen LogP contribution is -2.48. The lowest BCUT2D eigenvalue weighted by Gasteiger charge is -2.39. The van der Waals surface area contributed by atoms with Gasteiger partial charge in [0.15, 0.2) is 0 Å². The molecule has 6 heteroatoms. The monoisotopic (exact) mass is 317 g/mol. The minimum absolute atomic E-state index is 0.0653. The molecule has 0 N–H and O–H groups in total. The molecule has 1 aliphatic rings. The minimum Gasteiger partial charge on any atom is -0.496 e. The predicted octanol–water partition coefficient (Wildman–Crippen LogP) is 2.28. The van der Waals surface area contributed by atoms with Crippen molar-refractivity contribution in [3.05, 3.63) is 46.4 Å². The van der Waals surface area contributed by atoms with Crippen LogP contribution >= 0.6 is 11.3 Å². The van der Waals surface area contributed by atoms with Crippen molar-refractivity contribution >= 4 is 17.2 Å². The molecule has 0 bridgehead atoms. The molecule has 3 rings (SSSR count). The number of para-hydroxylation sites is 1. The molecule has 0 spiro atoms. The van der Waals surface area contributed by atoms with Gasteiger partial charge in [0.2, 0.25) is 0 Å². The van der Waals surface area contributed by atoms with Crippen LogP contribution < -0.4 is 4.74 Å². The Kier molecular flexibility index (Phi) is 4.40. The van der Waals surface area contributed by atoms with E-state index < -0.39 is 0 Å². The van der Waals surface area contributed by atoms with E-state index in [2.05, 4.69) is 23.0 Å². The number of carbonyl (C=O) groups excluding carboxylic acids is 1. The van der Waals surface area contributed by atoms with Crippen molar-refractivity contribution in [1.29, 1.82) is 0 Å². The molecule has 1 amide bonds. The highest BCUT2D eigenvalue weighted by atomic mass is 32.1. The predicted molar refractivity (Wildman–Crippen MR) is 86.4 cm³/mol. The van der Waals surface area contributed by atoms with Gasteiger partial charge in [-0.05, 0) is 13.1 Å². The van der Waals surface area contributed by atoms with Crippen LogP contribution in [-0.2, 0) is 0 Å². The van der Waals surface area contributed by atoms with Gasteiger partial charge >= 0.3 is 0 Å². The molecule has 0 saturated carbocycles. The van der Waals surface area contributed by atoms with Crippen molar-refractivity contribution in [3.63, 3.8) is 0 Å². The average Bonchev–Trinajstić information content (AvgIpc) is 3.09. The van der Waals surface area contributed by atoms with Gasteiger partial charge in [0, 0.05) is 25.2 Å². The SMILES string of the molecule is COc1ccccc1[C@H]1CN(C(=O)c2cncs2)CCN1C. The summed E-state index contributed by atoms with van der Waals surface area (Å²) in [7, 11) is 3.77. The van der Waals surface area contributed by atoms with Gasteiger partial charge < -0.3 is 9.64 Å². The second-order valence-electron chi connectivity index (χ2n) is 5.36. The summed E-state index contributed by atoms with van der Waals surface area (Å²) >= 11 is 1.39. The Morgan fingerprint density at radius 3 is 2.91 bits per heavy atom. The van der Waals surface area contributed by atoms with Gasteiger partial charge in [0.05, 0.1) is 24.9 Å². The Hall–Kier alpha value is -1.92. The number of ether oxygens (including phenoxy) is 1. The molecule has 1 aromatic heterocycles. The van der Waals surface area contributed by atoms with Crippen molar-refractivity contribution in [3.8, 4) is 5.75 Å². The van der Waals surface area contributed by atoms with Crippen molar-refractivity contribution in [2.24, 2.45) is 0 Å². The molecule has 1 fully saturated rings. The molecule has 2 heterocycles. The fraction of sp³-hybridized carbons (Fsp3) is 0.375. The second-order valence-corrected chi connectivity index (χ2v) is 6.24. The van der Waals surface area contributed by atoms with E-state index in [1.54, 1.807) is 18.8 Å². The van der Waals surface area contributed by atoms with Crippen molar-refractivity contribution in [2.75, 3.05) is 33.8 Å². The van der Waals surface area contributed by atoms with E-state index in [9.17, 15) is 4.79 Å². The smallest absolute Gasteiger partial charge is 0.265 e. The summed E-state index contributed by atoms with van der Waals surface area (Å²) in [5.41, 5.74) is 2.82. The summed E-state index contributed by atoms with van der Waals surface area (Å²) < 4.78 is 5.48. The first-order valence-electron chi connectivity index (χ1n) is 7.21. The maximum absolute atomic E-state index is 12.5. The van der Waals surface area contributed by atoms with E-state index in [1.165, 1.54) is 11.3 Å². The first-order chi connectivity index (χ1) is 10.7. The number of methoxy groups -OCH3 is 1. The second kappa shape index (κ2) is 6.46. The zero-order valence-corrected chi connectivity index (χ0v) is 13.5. The Bertz CT molecular complexity index is 645. The Morgan fingerprint density at radius 2 is 2.18 bits per heavy atom. The molecule has 22 heavy (non-hydrogen) atoms. The number of nitrogens with zero attached hydrogens (tertiary/aromatic N) is 3. The molecule has 0 aliphatic carbocycles. The number of rotatable bonds is 3. The molecule has 0 radical (unpaired) electrons. The van der Waals surface area contributed by atoms with Gasteiger partial charge in [-0.2, -0.15) is 0 Å². The molecular formula is C16H19N3O2S. The first kappa shape index (κ1) is 15.0. The van der Waals surface area contributed by atoms with E-state index in [0.29, 0.717) is 11.4 Å². The lowest BCUT2D eigenvalue weighted by atomic mass is 10.0. The third-order valence-electron chi connectivity index (χ3n) is 4.08. The number of benzene rings is 1. The van der Waals surface area contributed by atoms with Crippen LogP contribution in [0.5, 0.6) is 5.75 Å². The van der Waals surface area contributed by atoms with E-state index in [-0.39, 0.29) is 11.9 Å². The van der Waals surface area contributed by atoms with E-state index in [0.717, 1.165) is 24.4 Å². The Balaban J connectivity index is 1.83. The maximum atomic E-state index is 12.5. The summed E-state index contributed by atoms with van der Waals surface area (Å²) in [6, 6.07) is 8.15. The fourth-order valence-electron chi connectivity index (χ4n) is 2.81. The molecule has 0 unspecified atom stereocenters. The van der Waals surface area contributed by atoms with Crippen LogP contribution in [0, 0.1) is 0 Å². The molecule has 2 aromatic rings. The zero-order chi connectivity index (χ0) is 15.5. The largest absolute Gasteiger partial charge is 0.496 e. The number of hydrogen-bond donors (Lipinski definition) is 0. The molecule has 5 nitrogen and oxygen atoms in total. The van der Waals surface area contributed by atoms with Gasteiger partial charge in [0.25, 0.3) is 5.91 Å². The molecule has 116 valence electrons. The van der Waals surface area contributed by atoms with Gasteiger partial charge in [-0.25, -0.2) is 0 Å². The highest BCUT2D eigenvalue weighted by molar-refractivity contribution is 7.11. The number of likely N-dealkylation sites (N-methyl/N-ethyl adjacent to an activating group) is 1. The first-order valence-corrected chi connectivity index (χ1v) is 8.09. The third-order valence-corrected chi connectivity index (χ3v) is 4.84. The molecule has 1 aliphatic heterocycles. The summed E-state index contributed by atoms with van der Waals surface area (Å²) in [4.78, 5) is 21.4. The van der Waals surface area contributed by atoms with Crippen LogP contribution in [0.4, 0.5) is 0 Å². The van der Waals surface area contributed by atoms with Crippen LogP contribution in [0.2, 0.25) is 0 Å². The number of piperazine rings is 1.